The number of nitrogens with one attached hydrogen (secondary N) is 1. The molecule has 2 atom stereocenters. The number of aryl methyl sites for hydroxylation is 1. The number of fused-ring (bicyclic) bond motifs is 1. The normalized spacial score (nSPS) is 19.3. The summed E-state index contributed by atoms with van der Waals surface area (Å²) in [5.41, 5.74) is 4.08. The van der Waals surface area contributed by atoms with E-state index in [4.69, 9.17) is 0 Å². The van der Waals surface area contributed by atoms with Crippen LogP contribution in [-0.4, -0.2) is 52.7 Å². The number of carbonyl (C=O) groups is 3. The van der Waals surface area contributed by atoms with Crippen LogP contribution >= 0.6 is 0 Å². The molecule has 1 fully saturated rings. The van der Waals surface area contributed by atoms with Gasteiger partial charge in [0.15, 0.2) is 0 Å². The van der Waals surface area contributed by atoms with Gasteiger partial charge in [0.25, 0.3) is 5.91 Å². The summed E-state index contributed by atoms with van der Waals surface area (Å²) < 4.78 is 0. The van der Waals surface area contributed by atoms with Crippen LogP contribution in [0, 0.1) is 12.8 Å². The summed E-state index contributed by atoms with van der Waals surface area (Å²) in [4.78, 5) is 42.9. The highest BCUT2D eigenvalue weighted by atomic mass is 16.2. The lowest BCUT2D eigenvalue weighted by molar-refractivity contribution is -0.145. The van der Waals surface area contributed by atoms with E-state index in [1.54, 1.807) is 4.90 Å². The van der Waals surface area contributed by atoms with E-state index < -0.39 is 6.04 Å². The molecule has 2 unspecified atom stereocenters. The molecule has 6 heteroatoms. The number of piperidine rings is 1. The van der Waals surface area contributed by atoms with Crippen molar-refractivity contribution in [3.05, 3.63) is 70.8 Å². The fourth-order valence-electron chi connectivity index (χ4n) is 4.85. The van der Waals surface area contributed by atoms with E-state index in [2.05, 4.69) is 11.4 Å². The smallest absolute Gasteiger partial charge is 0.253 e. The maximum absolute atomic E-state index is 13.4. The van der Waals surface area contributed by atoms with E-state index in [1.807, 2.05) is 68.1 Å². The van der Waals surface area contributed by atoms with Gasteiger partial charge in [0.1, 0.15) is 6.04 Å². The van der Waals surface area contributed by atoms with E-state index in [1.165, 1.54) is 0 Å². The Morgan fingerprint density at radius 1 is 1.00 bits per heavy atom. The van der Waals surface area contributed by atoms with Crippen LogP contribution in [0.4, 0.5) is 0 Å². The van der Waals surface area contributed by atoms with Gasteiger partial charge in [-0.3, -0.25) is 14.4 Å². The van der Waals surface area contributed by atoms with Crippen LogP contribution in [0.25, 0.3) is 0 Å². The standard InChI is InChI=1S/C28H35N3O3/c1-4-20(3)27(33)31-18-23-8-6-5-7-22(23)17-25(31)26(32)29-24-13-15-30(16-14-24)28(34)21-11-9-19(2)10-12-21/h5-12,20,24-25H,4,13-18H2,1-3H3,(H,29,32). The number of rotatable bonds is 5. The molecule has 2 heterocycles. The Balaban J connectivity index is 1.39. The first-order valence-electron chi connectivity index (χ1n) is 12.4. The predicted molar refractivity (Wildman–Crippen MR) is 132 cm³/mol. The number of nitrogens with zero attached hydrogens (tertiary/aromatic N) is 2. The van der Waals surface area contributed by atoms with Crippen molar-refractivity contribution in [3.8, 4) is 0 Å². The summed E-state index contributed by atoms with van der Waals surface area (Å²) in [5.74, 6) is -0.124. The lowest BCUT2D eigenvalue weighted by Gasteiger charge is -2.39. The van der Waals surface area contributed by atoms with E-state index >= 15 is 0 Å². The molecule has 2 aromatic rings. The van der Waals surface area contributed by atoms with Gasteiger partial charge in [0.2, 0.25) is 11.8 Å². The minimum Gasteiger partial charge on any atom is -0.351 e. The fourth-order valence-corrected chi connectivity index (χ4v) is 4.85. The summed E-state index contributed by atoms with van der Waals surface area (Å²) in [6.07, 6.45) is 2.71. The molecule has 4 rings (SSSR count). The van der Waals surface area contributed by atoms with Gasteiger partial charge in [-0.1, -0.05) is 55.8 Å². The predicted octanol–water partition coefficient (Wildman–Crippen LogP) is 3.72. The van der Waals surface area contributed by atoms with Gasteiger partial charge >= 0.3 is 0 Å². The van der Waals surface area contributed by atoms with Crippen LogP contribution in [0.5, 0.6) is 0 Å². The third kappa shape index (κ3) is 5.16. The molecule has 34 heavy (non-hydrogen) atoms. The third-order valence-electron chi connectivity index (χ3n) is 7.30. The summed E-state index contributed by atoms with van der Waals surface area (Å²) >= 11 is 0. The van der Waals surface area contributed by atoms with Crippen molar-refractivity contribution in [3.63, 3.8) is 0 Å². The Labute approximate surface area is 202 Å². The van der Waals surface area contributed by atoms with Crippen LogP contribution in [0.2, 0.25) is 0 Å². The van der Waals surface area contributed by atoms with Crippen molar-refractivity contribution >= 4 is 17.7 Å². The Bertz CT molecular complexity index is 1040. The summed E-state index contributed by atoms with van der Waals surface area (Å²) in [6, 6.07) is 15.2. The highest BCUT2D eigenvalue weighted by Crippen LogP contribution is 2.26. The summed E-state index contributed by atoms with van der Waals surface area (Å²) in [7, 11) is 0. The quantitative estimate of drug-likeness (QED) is 0.738. The number of carbonyl (C=O) groups excluding carboxylic acids is 3. The van der Waals surface area contributed by atoms with Gasteiger partial charge in [-0.25, -0.2) is 0 Å². The molecule has 0 saturated carbocycles. The van der Waals surface area contributed by atoms with Crippen molar-refractivity contribution in [2.45, 2.75) is 65.1 Å². The molecule has 2 aliphatic rings. The first-order chi connectivity index (χ1) is 16.4. The van der Waals surface area contributed by atoms with Gasteiger partial charge in [-0.2, -0.15) is 0 Å². The van der Waals surface area contributed by atoms with E-state index in [9.17, 15) is 14.4 Å². The van der Waals surface area contributed by atoms with Crippen molar-refractivity contribution in [1.82, 2.24) is 15.1 Å². The molecular weight excluding hydrogens is 426 g/mol. The molecule has 2 aromatic carbocycles. The maximum atomic E-state index is 13.4. The Kier molecular flexibility index (Phi) is 7.35. The van der Waals surface area contributed by atoms with Crippen molar-refractivity contribution in [2.75, 3.05) is 13.1 Å². The average Bonchev–Trinajstić information content (AvgIpc) is 2.87. The number of amides is 3. The first kappa shape index (κ1) is 24.0. The zero-order chi connectivity index (χ0) is 24.2. The molecule has 1 N–H and O–H groups in total. The number of likely N-dealkylation sites (tertiary alicyclic amines) is 1. The lowest BCUT2D eigenvalue weighted by atomic mass is 9.91. The molecule has 3 amide bonds. The van der Waals surface area contributed by atoms with Crippen LogP contribution in [0.15, 0.2) is 48.5 Å². The Hall–Kier alpha value is -3.15. The minimum atomic E-state index is -0.497. The van der Waals surface area contributed by atoms with E-state index in [0.717, 1.165) is 23.1 Å². The summed E-state index contributed by atoms with van der Waals surface area (Å²) in [5, 5.41) is 3.20. The molecule has 0 spiro atoms. The van der Waals surface area contributed by atoms with Crippen molar-refractivity contribution in [1.29, 1.82) is 0 Å². The average molecular weight is 462 g/mol. The SMILES string of the molecule is CCC(C)C(=O)N1Cc2ccccc2CC1C(=O)NC1CCN(C(=O)c2ccc(C)cc2)CC1. The van der Waals surface area contributed by atoms with Gasteiger partial charge in [-0.05, 0) is 49.4 Å². The number of benzene rings is 2. The molecule has 0 bridgehead atoms. The lowest BCUT2D eigenvalue weighted by Crippen LogP contribution is -2.56. The monoisotopic (exact) mass is 461 g/mol. The van der Waals surface area contributed by atoms with Gasteiger partial charge in [0, 0.05) is 43.6 Å². The van der Waals surface area contributed by atoms with Crippen LogP contribution in [-0.2, 0) is 22.6 Å². The molecule has 0 radical (unpaired) electrons. The molecule has 0 aliphatic carbocycles. The van der Waals surface area contributed by atoms with Crippen LogP contribution in [0.3, 0.4) is 0 Å². The summed E-state index contributed by atoms with van der Waals surface area (Å²) in [6.45, 7) is 7.63. The third-order valence-corrected chi connectivity index (χ3v) is 7.30. The Morgan fingerprint density at radius 3 is 2.29 bits per heavy atom. The zero-order valence-electron chi connectivity index (χ0n) is 20.4. The maximum Gasteiger partial charge on any atom is 0.253 e. The second-order valence-corrected chi connectivity index (χ2v) is 9.71. The molecule has 2 aliphatic heterocycles. The topological polar surface area (TPSA) is 69.7 Å². The van der Waals surface area contributed by atoms with Crippen molar-refractivity contribution < 1.29 is 14.4 Å². The largest absolute Gasteiger partial charge is 0.351 e. The zero-order valence-corrected chi connectivity index (χ0v) is 20.4. The molecule has 180 valence electrons. The van der Waals surface area contributed by atoms with Gasteiger partial charge < -0.3 is 15.1 Å². The van der Waals surface area contributed by atoms with Gasteiger partial charge in [-0.15, -0.1) is 0 Å². The second kappa shape index (κ2) is 10.4. The first-order valence-corrected chi connectivity index (χ1v) is 12.4. The van der Waals surface area contributed by atoms with E-state index in [0.29, 0.717) is 44.5 Å². The molecule has 6 nitrogen and oxygen atoms in total. The molecular formula is C28H35N3O3. The molecule has 1 saturated heterocycles. The number of hydrogen-bond acceptors (Lipinski definition) is 3. The van der Waals surface area contributed by atoms with Crippen LogP contribution in [0.1, 0.15) is 60.2 Å². The molecule has 0 aromatic heterocycles. The van der Waals surface area contributed by atoms with Crippen molar-refractivity contribution in [2.24, 2.45) is 5.92 Å². The highest BCUT2D eigenvalue weighted by molar-refractivity contribution is 5.94. The minimum absolute atomic E-state index is 0.00675. The van der Waals surface area contributed by atoms with E-state index in [-0.39, 0.29) is 29.7 Å². The fraction of sp³-hybridized carbons (Fsp3) is 0.464. The van der Waals surface area contributed by atoms with Crippen LogP contribution < -0.4 is 5.32 Å². The number of hydrogen-bond donors (Lipinski definition) is 1. The Morgan fingerprint density at radius 2 is 1.65 bits per heavy atom. The highest BCUT2D eigenvalue weighted by Gasteiger charge is 2.37. The van der Waals surface area contributed by atoms with Gasteiger partial charge in [0.05, 0.1) is 0 Å². The second-order valence-electron chi connectivity index (χ2n) is 9.71.